The first-order valence-electron chi connectivity index (χ1n) is 4.71. The van der Waals surface area contributed by atoms with Crippen LogP contribution in [-0.4, -0.2) is 30.3 Å². The molecule has 2 rings (SSSR count). The molecule has 0 radical (unpaired) electrons. The normalized spacial score (nSPS) is 15.9. The zero-order valence-corrected chi connectivity index (χ0v) is 9.79. The lowest BCUT2D eigenvalue weighted by Crippen LogP contribution is -2.23. The molecule has 1 N–H and O–H groups in total. The number of amides is 2. The summed E-state index contributed by atoms with van der Waals surface area (Å²) in [5, 5.41) is 9.12. The van der Waals surface area contributed by atoms with Crippen molar-refractivity contribution in [3.63, 3.8) is 0 Å². The van der Waals surface area contributed by atoms with Gasteiger partial charge in [-0.15, -0.1) is 0 Å². The first-order chi connectivity index (χ1) is 7.66. The molecular formula is C10H9Cl2N3O. The van der Waals surface area contributed by atoms with Gasteiger partial charge >= 0.3 is 6.03 Å². The van der Waals surface area contributed by atoms with Gasteiger partial charge in [0.15, 0.2) is 0 Å². The van der Waals surface area contributed by atoms with E-state index in [1.54, 1.807) is 24.4 Å². The third-order valence-corrected chi connectivity index (χ3v) is 2.70. The minimum Gasteiger partial charge on any atom is -0.335 e. The van der Waals surface area contributed by atoms with Crippen molar-refractivity contribution in [3.8, 4) is 0 Å². The summed E-state index contributed by atoms with van der Waals surface area (Å²) in [6, 6.07) is 4.91. The first-order valence-corrected chi connectivity index (χ1v) is 5.47. The van der Waals surface area contributed by atoms with E-state index in [0.29, 0.717) is 23.1 Å². The summed E-state index contributed by atoms with van der Waals surface area (Å²) in [6.07, 6.45) is 1.55. The number of hydrogen-bond donors (Lipinski definition) is 1. The van der Waals surface area contributed by atoms with Crippen LogP contribution in [0.25, 0.3) is 0 Å². The number of nitrogens with zero attached hydrogens (tertiary/aromatic N) is 2. The van der Waals surface area contributed by atoms with Crippen LogP contribution in [0.4, 0.5) is 4.79 Å². The van der Waals surface area contributed by atoms with E-state index >= 15 is 0 Å². The van der Waals surface area contributed by atoms with Gasteiger partial charge < -0.3 is 5.32 Å². The Morgan fingerprint density at radius 2 is 2.25 bits per heavy atom. The van der Waals surface area contributed by atoms with Gasteiger partial charge in [0.05, 0.1) is 17.8 Å². The fourth-order valence-electron chi connectivity index (χ4n) is 1.31. The van der Waals surface area contributed by atoms with Crippen molar-refractivity contribution in [2.24, 2.45) is 5.10 Å². The molecule has 16 heavy (non-hydrogen) atoms. The van der Waals surface area contributed by atoms with Crippen molar-refractivity contribution in [1.82, 2.24) is 10.3 Å². The maximum absolute atomic E-state index is 11.2. The molecule has 1 fully saturated rings. The minimum absolute atomic E-state index is 0.193. The van der Waals surface area contributed by atoms with Gasteiger partial charge in [0, 0.05) is 17.1 Å². The van der Waals surface area contributed by atoms with Gasteiger partial charge in [-0.3, -0.25) is 0 Å². The first kappa shape index (κ1) is 11.2. The zero-order valence-electron chi connectivity index (χ0n) is 8.28. The summed E-state index contributed by atoms with van der Waals surface area (Å²) < 4.78 is 0. The summed E-state index contributed by atoms with van der Waals surface area (Å²) in [5.41, 5.74) is 0.728. The van der Waals surface area contributed by atoms with Gasteiger partial charge in [-0.2, -0.15) is 5.10 Å². The smallest absolute Gasteiger partial charge is 0.335 e. The monoisotopic (exact) mass is 257 g/mol. The second-order valence-corrected chi connectivity index (χ2v) is 4.11. The molecular weight excluding hydrogens is 249 g/mol. The molecule has 6 heteroatoms. The number of hydrogen-bond acceptors (Lipinski definition) is 2. The van der Waals surface area contributed by atoms with Crippen LogP contribution in [0.15, 0.2) is 23.3 Å². The van der Waals surface area contributed by atoms with E-state index in [-0.39, 0.29) is 6.03 Å². The van der Waals surface area contributed by atoms with E-state index in [1.807, 2.05) is 0 Å². The largest absolute Gasteiger partial charge is 0.337 e. The highest BCUT2D eigenvalue weighted by molar-refractivity contribution is 6.36. The number of rotatable bonds is 2. The Bertz CT molecular complexity index is 448. The summed E-state index contributed by atoms with van der Waals surface area (Å²) >= 11 is 11.7. The quantitative estimate of drug-likeness (QED) is 0.813. The van der Waals surface area contributed by atoms with Crippen LogP contribution in [0.3, 0.4) is 0 Å². The van der Waals surface area contributed by atoms with Crippen LogP contribution in [0.1, 0.15) is 5.56 Å². The maximum atomic E-state index is 11.2. The fourth-order valence-corrected chi connectivity index (χ4v) is 1.77. The Labute approximate surface area is 103 Å². The highest BCUT2D eigenvalue weighted by Crippen LogP contribution is 2.19. The second-order valence-electron chi connectivity index (χ2n) is 3.27. The van der Waals surface area contributed by atoms with E-state index in [1.165, 1.54) is 5.01 Å². The lowest BCUT2D eigenvalue weighted by atomic mass is 10.2. The molecule has 0 unspecified atom stereocenters. The Kier molecular flexibility index (Phi) is 3.31. The summed E-state index contributed by atoms with van der Waals surface area (Å²) in [5.74, 6) is 0. The topological polar surface area (TPSA) is 44.7 Å². The predicted molar refractivity (Wildman–Crippen MR) is 64.2 cm³/mol. The molecule has 1 aliphatic heterocycles. The number of carbonyl (C=O) groups is 1. The SMILES string of the molecule is O=C1NCCN1/N=C/c1ccc(Cl)cc1Cl. The molecule has 0 bridgehead atoms. The summed E-state index contributed by atoms with van der Waals surface area (Å²) in [4.78, 5) is 11.2. The molecule has 0 aromatic heterocycles. The third-order valence-electron chi connectivity index (χ3n) is 2.13. The van der Waals surface area contributed by atoms with Gasteiger partial charge in [0.25, 0.3) is 0 Å². The van der Waals surface area contributed by atoms with Crippen molar-refractivity contribution >= 4 is 35.4 Å². The van der Waals surface area contributed by atoms with Crippen LogP contribution in [0.2, 0.25) is 10.0 Å². The molecule has 0 spiro atoms. The summed E-state index contributed by atoms with van der Waals surface area (Å²) in [7, 11) is 0. The molecule has 1 aromatic carbocycles. The van der Waals surface area contributed by atoms with Crippen LogP contribution in [-0.2, 0) is 0 Å². The number of carbonyl (C=O) groups excluding carboxylic acids is 1. The third kappa shape index (κ3) is 2.46. The van der Waals surface area contributed by atoms with Crippen LogP contribution in [0.5, 0.6) is 0 Å². The van der Waals surface area contributed by atoms with Crippen molar-refractivity contribution in [2.45, 2.75) is 0 Å². The van der Waals surface area contributed by atoms with E-state index in [0.717, 1.165) is 5.56 Å². The van der Waals surface area contributed by atoms with Gasteiger partial charge in [0.1, 0.15) is 0 Å². The number of hydrazone groups is 1. The highest BCUT2D eigenvalue weighted by atomic mass is 35.5. The van der Waals surface area contributed by atoms with Gasteiger partial charge in [-0.1, -0.05) is 29.3 Å². The van der Waals surface area contributed by atoms with Crippen LogP contribution < -0.4 is 5.32 Å². The van der Waals surface area contributed by atoms with Crippen molar-refractivity contribution in [2.75, 3.05) is 13.1 Å². The van der Waals surface area contributed by atoms with Gasteiger partial charge in [-0.05, 0) is 12.1 Å². The Morgan fingerprint density at radius 3 is 2.88 bits per heavy atom. The highest BCUT2D eigenvalue weighted by Gasteiger charge is 2.17. The zero-order chi connectivity index (χ0) is 11.5. The molecule has 0 aliphatic carbocycles. The number of benzene rings is 1. The van der Waals surface area contributed by atoms with E-state index in [2.05, 4.69) is 10.4 Å². The van der Waals surface area contributed by atoms with Gasteiger partial charge in [-0.25, -0.2) is 9.80 Å². The molecule has 2 amide bonds. The van der Waals surface area contributed by atoms with Crippen molar-refractivity contribution in [3.05, 3.63) is 33.8 Å². The second kappa shape index (κ2) is 4.72. The molecule has 1 aromatic rings. The lowest BCUT2D eigenvalue weighted by molar-refractivity contribution is 0.219. The molecule has 0 saturated carbocycles. The van der Waals surface area contributed by atoms with Crippen LogP contribution in [0, 0.1) is 0 Å². The van der Waals surface area contributed by atoms with E-state index in [9.17, 15) is 4.79 Å². The minimum atomic E-state index is -0.193. The summed E-state index contributed by atoms with van der Waals surface area (Å²) in [6.45, 7) is 1.19. The van der Waals surface area contributed by atoms with E-state index in [4.69, 9.17) is 23.2 Å². The number of halogens is 2. The Balaban J connectivity index is 2.14. The van der Waals surface area contributed by atoms with Gasteiger partial charge in [0.2, 0.25) is 0 Å². The molecule has 1 saturated heterocycles. The average molecular weight is 258 g/mol. The molecule has 1 aliphatic rings. The van der Waals surface area contributed by atoms with E-state index < -0.39 is 0 Å². The number of urea groups is 1. The average Bonchev–Trinajstić information content (AvgIpc) is 2.63. The molecule has 4 nitrogen and oxygen atoms in total. The molecule has 84 valence electrons. The van der Waals surface area contributed by atoms with Crippen molar-refractivity contribution < 1.29 is 4.79 Å². The maximum Gasteiger partial charge on any atom is 0.337 e. The van der Waals surface area contributed by atoms with Crippen molar-refractivity contribution in [1.29, 1.82) is 0 Å². The standard InChI is InChI=1S/C10H9Cl2N3O/c11-8-2-1-7(9(12)5-8)6-14-15-4-3-13-10(15)16/h1-2,5-6H,3-4H2,(H,13,16)/b14-6+. The lowest BCUT2D eigenvalue weighted by Gasteiger charge is -2.05. The Hall–Kier alpha value is -1.26. The van der Waals surface area contributed by atoms with Crippen LogP contribution >= 0.6 is 23.2 Å². The molecule has 0 atom stereocenters. The predicted octanol–water partition coefficient (Wildman–Crippen LogP) is 2.35. The molecule has 1 heterocycles. The Morgan fingerprint density at radius 1 is 1.44 bits per heavy atom. The fraction of sp³-hybridized carbons (Fsp3) is 0.200. The number of nitrogens with one attached hydrogen (secondary N) is 1.